The van der Waals surface area contributed by atoms with E-state index < -0.39 is 0 Å². The van der Waals surface area contributed by atoms with Gasteiger partial charge in [0.2, 0.25) is 0 Å². The van der Waals surface area contributed by atoms with Crippen LogP contribution in [0.15, 0.2) is 6.20 Å². The average molecular weight is 242 g/mol. The molecule has 2 nitrogen and oxygen atoms in total. The molecule has 15 heavy (non-hydrogen) atoms. The fourth-order valence-electron chi connectivity index (χ4n) is 1.86. The zero-order valence-electron chi connectivity index (χ0n) is 8.95. The maximum atomic E-state index is 5.53. The first-order valence-corrected chi connectivity index (χ1v) is 7.50. The second-order valence-electron chi connectivity index (χ2n) is 3.95. The van der Waals surface area contributed by atoms with Crippen molar-refractivity contribution in [2.75, 3.05) is 12.3 Å². The summed E-state index contributed by atoms with van der Waals surface area (Å²) >= 11 is 3.97. The van der Waals surface area contributed by atoms with Crippen molar-refractivity contribution < 1.29 is 0 Å². The standard InChI is InChI=1S/C11H18N2S2/c12-5-4-10-8-13-11(15-10)7-9-3-1-2-6-14-9/h8-9H,1-7,12H2. The van der Waals surface area contributed by atoms with E-state index in [2.05, 4.69) is 16.7 Å². The molecule has 0 radical (unpaired) electrons. The van der Waals surface area contributed by atoms with E-state index >= 15 is 0 Å². The summed E-state index contributed by atoms with van der Waals surface area (Å²) in [6.45, 7) is 0.736. The van der Waals surface area contributed by atoms with Gasteiger partial charge in [-0.1, -0.05) is 6.42 Å². The van der Waals surface area contributed by atoms with Crippen LogP contribution < -0.4 is 5.73 Å². The third kappa shape index (κ3) is 3.47. The van der Waals surface area contributed by atoms with Gasteiger partial charge in [-0.15, -0.1) is 11.3 Å². The smallest absolute Gasteiger partial charge is 0.0938 e. The molecular weight excluding hydrogens is 224 g/mol. The molecule has 1 saturated heterocycles. The molecule has 1 unspecified atom stereocenters. The van der Waals surface area contributed by atoms with Crippen molar-refractivity contribution in [3.8, 4) is 0 Å². The molecule has 1 aromatic rings. The van der Waals surface area contributed by atoms with Crippen molar-refractivity contribution in [3.63, 3.8) is 0 Å². The Morgan fingerprint density at radius 2 is 2.40 bits per heavy atom. The summed E-state index contributed by atoms with van der Waals surface area (Å²) in [6, 6.07) is 0. The highest BCUT2D eigenvalue weighted by molar-refractivity contribution is 7.99. The predicted molar refractivity (Wildman–Crippen MR) is 68.7 cm³/mol. The number of hydrogen-bond donors (Lipinski definition) is 1. The normalized spacial score (nSPS) is 21.8. The molecule has 2 heterocycles. The molecule has 0 aliphatic carbocycles. The highest BCUT2D eigenvalue weighted by Crippen LogP contribution is 2.29. The van der Waals surface area contributed by atoms with Gasteiger partial charge in [-0.2, -0.15) is 11.8 Å². The minimum Gasteiger partial charge on any atom is -0.330 e. The Labute approximate surface area is 99.7 Å². The van der Waals surface area contributed by atoms with Gasteiger partial charge in [-0.25, -0.2) is 4.98 Å². The van der Waals surface area contributed by atoms with Gasteiger partial charge in [0.15, 0.2) is 0 Å². The number of hydrogen-bond acceptors (Lipinski definition) is 4. The Morgan fingerprint density at radius 3 is 3.13 bits per heavy atom. The highest BCUT2D eigenvalue weighted by Gasteiger charge is 2.15. The molecule has 0 amide bonds. The van der Waals surface area contributed by atoms with E-state index in [1.807, 2.05) is 17.5 Å². The van der Waals surface area contributed by atoms with Crippen LogP contribution in [0.1, 0.15) is 29.1 Å². The van der Waals surface area contributed by atoms with Gasteiger partial charge in [0.25, 0.3) is 0 Å². The molecule has 0 bridgehead atoms. The van der Waals surface area contributed by atoms with Crippen molar-refractivity contribution in [1.82, 2.24) is 4.98 Å². The Morgan fingerprint density at radius 1 is 1.47 bits per heavy atom. The number of nitrogens with two attached hydrogens (primary N) is 1. The number of aromatic nitrogens is 1. The van der Waals surface area contributed by atoms with E-state index in [4.69, 9.17) is 5.73 Å². The number of thiazole rings is 1. The molecule has 0 aromatic carbocycles. The van der Waals surface area contributed by atoms with Crippen molar-refractivity contribution >= 4 is 23.1 Å². The quantitative estimate of drug-likeness (QED) is 0.881. The molecular formula is C11H18N2S2. The Balaban J connectivity index is 1.86. The van der Waals surface area contributed by atoms with Crippen LogP contribution in [0.4, 0.5) is 0 Å². The van der Waals surface area contributed by atoms with Crippen LogP contribution in [-0.4, -0.2) is 22.5 Å². The monoisotopic (exact) mass is 242 g/mol. The lowest BCUT2D eigenvalue weighted by molar-refractivity contribution is 0.659. The minimum atomic E-state index is 0.736. The van der Waals surface area contributed by atoms with Gasteiger partial charge in [-0.3, -0.25) is 0 Å². The van der Waals surface area contributed by atoms with E-state index in [9.17, 15) is 0 Å². The SMILES string of the molecule is NCCc1cnc(CC2CCCCS2)s1. The lowest BCUT2D eigenvalue weighted by Gasteiger charge is -2.19. The van der Waals surface area contributed by atoms with Gasteiger partial charge < -0.3 is 5.73 Å². The number of rotatable bonds is 4. The predicted octanol–water partition coefficient (Wildman–Crippen LogP) is 2.47. The maximum absolute atomic E-state index is 5.53. The van der Waals surface area contributed by atoms with Gasteiger partial charge in [0, 0.05) is 22.7 Å². The van der Waals surface area contributed by atoms with Crippen LogP contribution >= 0.6 is 23.1 Å². The third-order valence-electron chi connectivity index (χ3n) is 2.67. The second kappa shape index (κ2) is 5.87. The summed E-state index contributed by atoms with van der Waals surface area (Å²) in [7, 11) is 0. The summed E-state index contributed by atoms with van der Waals surface area (Å²) in [6.07, 6.45) is 8.32. The van der Waals surface area contributed by atoms with Crippen molar-refractivity contribution in [2.45, 2.75) is 37.4 Å². The molecule has 0 spiro atoms. The molecule has 2 N–H and O–H groups in total. The molecule has 84 valence electrons. The molecule has 1 atom stereocenters. The third-order valence-corrected chi connectivity index (χ3v) is 5.15. The second-order valence-corrected chi connectivity index (χ2v) is 6.56. The van der Waals surface area contributed by atoms with Crippen molar-refractivity contribution in [2.24, 2.45) is 5.73 Å². The first-order chi connectivity index (χ1) is 7.38. The highest BCUT2D eigenvalue weighted by atomic mass is 32.2. The van der Waals surface area contributed by atoms with E-state index in [1.165, 1.54) is 41.3 Å². The summed E-state index contributed by atoms with van der Waals surface area (Å²) in [5, 5.41) is 2.12. The van der Waals surface area contributed by atoms with E-state index in [-0.39, 0.29) is 0 Å². The molecule has 1 fully saturated rings. The van der Waals surface area contributed by atoms with Crippen LogP contribution in [0, 0.1) is 0 Å². The van der Waals surface area contributed by atoms with Crippen LogP contribution in [0.2, 0.25) is 0 Å². The topological polar surface area (TPSA) is 38.9 Å². The van der Waals surface area contributed by atoms with E-state index in [0.29, 0.717) is 0 Å². The maximum Gasteiger partial charge on any atom is 0.0938 e. The molecule has 1 aromatic heterocycles. The van der Waals surface area contributed by atoms with Crippen LogP contribution in [-0.2, 0) is 12.8 Å². The lowest BCUT2D eigenvalue weighted by Crippen LogP contribution is -2.12. The minimum absolute atomic E-state index is 0.736. The van der Waals surface area contributed by atoms with E-state index in [0.717, 1.165) is 18.2 Å². The summed E-state index contributed by atoms with van der Waals surface area (Å²) < 4.78 is 0. The van der Waals surface area contributed by atoms with Gasteiger partial charge in [0.05, 0.1) is 5.01 Å². The molecule has 0 saturated carbocycles. The van der Waals surface area contributed by atoms with Crippen molar-refractivity contribution in [3.05, 3.63) is 16.1 Å². The van der Waals surface area contributed by atoms with Crippen LogP contribution in [0.25, 0.3) is 0 Å². The Kier molecular flexibility index (Phi) is 4.47. The first kappa shape index (κ1) is 11.4. The largest absolute Gasteiger partial charge is 0.330 e. The lowest BCUT2D eigenvalue weighted by atomic mass is 10.1. The van der Waals surface area contributed by atoms with Gasteiger partial charge in [0.1, 0.15) is 0 Å². The van der Waals surface area contributed by atoms with Gasteiger partial charge >= 0.3 is 0 Å². The van der Waals surface area contributed by atoms with Gasteiger partial charge in [-0.05, 0) is 31.6 Å². The zero-order valence-corrected chi connectivity index (χ0v) is 10.6. The zero-order chi connectivity index (χ0) is 10.5. The summed E-state index contributed by atoms with van der Waals surface area (Å²) in [5.74, 6) is 1.34. The van der Waals surface area contributed by atoms with Crippen molar-refractivity contribution in [1.29, 1.82) is 0 Å². The molecule has 4 heteroatoms. The molecule has 2 rings (SSSR count). The molecule has 1 aliphatic rings. The van der Waals surface area contributed by atoms with Crippen LogP contribution in [0.3, 0.4) is 0 Å². The number of thioether (sulfide) groups is 1. The fraction of sp³-hybridized carbons (Fsp3) is 0.727. The van der Waals surface area contributed by atoms with E-state index in [1.54, 1.807) is 0 Å². The summed E-state index contributed by atoms with van der Waals surface area (Å²) in [4.78, 5) is 5.82. The molecule has 1 aliphatic heterocycles. The summed E-state index contributed by atoms with van der Waals surface area (Å²) in [5.41, 5.74) is 5.53. The van der Waals surface area contributed by atoms with Crippen LogP contribution in [0.5, 0.6) is 0 Å². The Hall–Kier alpha value is -0.0600. The first-order valence-electron chi connectivity index (χ1n) is 5.63. The Bertz CT molecular complexity index is 293. The average Bonchev–Trinajstić information content (AvgIpc) is 2.68. The number of nitrogens with zero attached hydrogens (tertiary/aromatic N) is 1. The fourth-order valence-corrected chi connectivity index (χ4v) is 4.30.